The third-order valence-corrected chi connectivity index (χ3v) is 3.57. The average molecular weight is 310 g/mol. The molecule has 96 valence electrons. The lowest BCUT2D eigenvalue weighted by molar-refractivity contribution is 0.397. The van der Waals surface area contributed by atoms with Crippen LogP contribution in [-0.4, -0.2) is 7.11 Å². The Morgan fingerprint density at radius 1 is 1.33 bits per heavy atom. The van der Waals surface area contributed by atoms with E-state index in [1.165, 1.54) is 0 Å². The summed E-state index contributed by atoms with van der Waals surface area (Å²) in [6.45, 7) is 2.78. The van der Waals surface area contributed by atoms with Gasteiger partial charge in [0.05, 0.1) is 24.4 Å². The molecule has 2 aromatic rings. The highest BCUT2D eigenvalue weighted by molar-refractivity contribution is 9.10. The highest BCUT2D eigenvalue weighted by Gasteiger charge is 2.11. The van der Waals surface area contributed by atoms with E-state index < -0.39 is 0 Å². The molecule has 4 heteroatoms. The molecule has 0 aliphatic rings. The lowest BCUT2D eigenvalue weighted by Gasteiger charge is -2.16. The molecule has 1 aromatic carbocycles. The van der Waals surface area contributed by atoms with Crippen molar-refractivity contribution in [2.75, 3.05) is 7.11 Å². The van der Waals surface area contributed by atoms with Crippen molar-refractivity contribution in [2.45, 2.75) is 19.5 Å². The van der Waals surface area contributed by atoms with Crippen LogP contribution in [0.3, 0.4) is 0 Å². The Balaban J connectivity index is 2.03. The normalized spacial score (nSPS) is 12.4. The van der Waals surface area contributed by atoms with Crippen LogP contribution in [0.15, 0.2) is 45.5 Å². The zero-order valence-electron chi connectivity index (χ0n) is 10.4. The standard InChI is InChI=1S/C14H16BrNO2/c1-10(11-5-3-4-6-13(11)17-2)16-9-14-12(15)7-8-18-14/h3-8,10,16H,9H2,1-2H3/t10-/m1/s1. The van der Waals surface area contributed by atoms with E-state index >= 15 is 0 Å². The van der Waals surface area contributed by atoms with Crippen molar-refractivity contribution in [2.24, 2.45) is 0 Å². The van der Waals surface area contributed by atoms with Crippen LogP contribution < -0.4 is 10.1 Å². The molecule has 0 saturated carbocycles. The highest BCUT2D eigenvalue weighted by Crippen LogP contribution is 2.25. The average Bonchev–Trinajstić information content (AvgIpc) is 2.81. The van der Waals surface area contributed by atoms with Crippen molar-refractivity contribution in [3.05, 3.63) is 52.4 Å². The quantitative estimate of drug-likeness (QED) is 0.909. The van der Waals surface area contributed by atoms with Crippen LogP contribution in [0, 0.1) is 0 Å². The summed E-state index contributed by atoms with van der Waals surface area (Å²) in [6, 6.07) is 10.1. The fraction of sp³-hybridized carbons (Fsp3) is 0.286. The summed E-state index contributed by atoms with van der Waals surface area (Å²) in [5.41, 5.74) is 1.14. The second-order valence-corrected chi connectivity index (χ2v) is 4.89. The van der Waals surface area contributed by atoms with E-state index in [4.69, 9.17) is 9.15 Å². The Morgan fingerprint density at radius 3 is 2.78 bits per heavy atom. The minimum Gasteiger partial charge on any atom is -0.496 e. The number of nitrogens with one attached hydrogen (secondary N) is 1. The molecule has 1 aromatic heterocycles. The summed E-state index contributed by atoms with van der Waals surface area (Å²) in [5, 5.41) is 3.41. The zero-order chi connectivity index (χ0) is 13.0. The molecule has 0 unspecified atom stereocenters. The van der Waals surface area contributed by atoms with Gasteiger partial charge in [-0.1, -0.05) is 18.2 Å². The smallest absolute Gasteiger partial charge is 0.131 e. The Morgan fingerprint density at radius 2 is 2.11 bits per heavy atom. The van der Waals surface area contributed by atoms with E-state index in [2.05, 4.69) is 34.2 Å². The molecule has 0 fully saturated rings. The molecule has 1 N–H and O–H groups in total. The lowest BCUT2D eigenvalue weighted by Crippen LogP contribution is -2.18. The number of furan rings is 1. The first-order valence-corrected chi connectivity index (χ1v) is 6.60. The third kappa shape index (κ3) is 2.94. The molecule has 0 spiro atoms. The molecule has 3 nitrogen and oxygen atoms in total. The highest BCUT2D eigenvalue weighted by atomic mass is 79.9. The first kappa shape index (κ1) is 13.2. The number of ether oxygens (including phenoxy) is 1. The molecule has 1 atom stereocenters. The Labute approximate surface area is 115 Å². The van der Waals surface area contributed by atoms with Crippen LogP contribution in [-0.2, 0) is 6.54 Å². The van der Waals surface area contributed by atoms with Gasteiger partial charge < -0.3 is 14.5 Å². The van der Waals surface area contributed by atoms with Crippen molar-refractivity contribution in [3.63, 3.8) is 0 Å². The second-order valence-electron chi connectivity index (χ2n) is 4.04. The van der Waals surface area contributed by atoms with E-state index in [1.807, 2.05) is 24.3 Å². The van der Waals surface area contributed by atoms with E-state index in [1.54, 1.807) is 13.4 Å². The second kappa shape index (κ2) is 6.07. The summed E-state index contributed by atoms with van der Waals surface area (Å²) in [4.78, 5) is 0. The van der Waals surface area contributed by atoms with Crippen LogP contribution in [0.4, 0.5) is 0 Å². The van der Waals surface area contributed by atoms with E-state index in [-0.39, 0.29) is 6.04 Å². The van der Waals surface area contributed by atoms with Gasteiger partial charge in [0, 0.05) is 11.6 Å². The largest absolute Gasteiger partial charge is 0.496 e. The predicted molar refractivity (Wildman–Crippen MR) is 74.7 cm³/mol. The predicted octanol–water partition coefficient (Wildman–Crippen LogP) is 3.90. The lowest BCUT2D eigenvalue weighted by atomic mass is 10.1. The van der Waals surface area contributed by atoms with E-state index in [9.17, 15) is 0 Å². The molecule has 18 heavy (non-hydrogen) atoms. The molecule has 0 bridgehead atoms. The van der Waals surface area contributed by atoms with Gasteiger partial charge >= 0.3 is 0 Å². The van der Waals surface area contributed by atoms with Gasteiger partial charge in [0.15, 0.2) is 0 Å². The van der Waals surface area contributed by atoms with Gasteiger partial charge in [0.1, 0.15) is 11.5 Å². The van der Waals surface area contributed by atoms with Gasteiger partial charge in [-0.2, -0.15) is 0 Å². The fourth-order valence-corrected chi connectivity index (χ4v) is 2.17. The van der Waals surface area contributed by atoms with Crippen molar-refractivity contribution in [1.82, 2.24) is 5.32 Å². The Kier molecular flexibility index (Phi) is 4.44. The third-order valence-electron chi connectivity index (χ3n) is 2.87. The van der Waals surface area contributed by atoms with E-state index in [0.717, 1.165) is 21.5 Å². The van der Waals surface area contributed by atoms with Crippen LogP contribution in [0.25, 0.3) is 0 Å². The molecule has 2 rings (SSSR count). The maximum atomic E-state index is 5.37. The molecule has 1 heterocycles. The Hall–Kier alpha value is -1.26. The Bertz CT molecular complexity index is 510. The van der Waals surface area contributed by atoms with Crippen LogP contribution in [0.1, 0.15) is 24.3 Å². The van der Waals surface area contributed by atoms with Crippen molar-refractivity contribution >= 4 is 15.9 Å². The van der Waals surface area contributed by atoms with Gasteiger partial charge in [-0.15, -0.1) is 0 Å². The van der Waals surface area contributed by atoms with Gasteiger partial charge in [-0.3, -0.25) is 0 Å². The van der Waals surface area contributed by atoms with Gasteiger partial charge in [-0.05, 0) is 35.0 Å². The monoisotopic (exact) mass is 309 g/mol. The molecule has 0 aliphatic carbocycles. The first-order valence-electron chi connectivity index (χ1n) is 5.80. The number of rotatable bonds is 5. The number of benzene rings is 1. The maximum absolute atomic E-state index is 5.37. The molecule has 0 aliphatic heterocycles. The van der Waals surface area contributed by atoms with Crippen LogP contribution in [0.5, 0.6) is 5.75 Å². The van der Waals surface area contributed by atoms with Gasteiger partial charge in [0.2, 0.25) is 0 Å². The summed E-state index contributed by atoms with van der Waals surface area (Å²) in [6.07, 6.45) is 1.68. The van der Waals surface area contributed by atoms with Crippen molar-refractivity contribution < 1.29 is 9.15 Å². The van der Waals surface area contributed by atoms with Crippen molar-refractivity contribution in [3.8, 4) is 5.75 Å². The number of hydrogen-bond donors (Lipinski definition) is 1. The van der Waals surface area contributed by atoms with Crippen LogP contribution in [0.2, 0.25) is 0 Å². The number of hydrogen-bond acceptors (Lipinski definition) is 3. The zero-order valence-corrected chi connectivity index (χ0v) is 12.0. The molecular weight excluding hydrogens is 294 g/mol. The molecule has 0 amide bonds. The summed E-state index contributed by atoms with van der Waals surface area (Å²) >= 11 is 3.44. The summed E-state index contributed by atoms with van der Waals surface area (Å²) in [5.74, 6) is 1.80. The summed E-state index contributed by atoms with van der Waals surface area (Å²) < 4.78 is 11.7. The minimum absolute atomic E-state index is 0.193. The molecule has 0 saturated heterocycles. The number of methoxy groups -OCH3 is 1. The first-order chi connectivity index (χ1) is 8.72. The summed E-state index contributed by atoms with van der Waals surface area (Å²) in [7, 11) is 1.69. The molecular formula is C14H16BrNO2. The van der Waals surface area contributed by atoms with Crippen molar-refractivity contribution in [1.29, 1.82) is 0 Å². The SMILES string of the molecule is COc1ccccc1[C@@H](C)NCc1occc1Br. The number of para-hydroxylation sites is 1. The minimum atomic E-state index is 0.193. The fourth-order valence-electron chi connectivity index (χ4n) is 1.83. The van der Waals surface area contributed by atoms with E-state index in [0.29, 0.717) is 6.54 Å². The number of halogens is 1. The topological polar surface area (TPSA) is 34.4 Å². The maximum Gasteiger partial charge on any atom is 0.131 e. The molecule has 0 radical (unpaired) electrons. The van der Waals surface area contributed by atoms with Crippen LogP contribution >= 0.6 is 15.9 Å². The van der Waals surface area contributed by atoms with Gasteiger partial charge in [-0.25, -0.2) is 0 Å². The van der Waals surface area contributed by atoms with Gasteiger partial charge in [0.25, 0.3) is 0 Å².